The van der Waals surface area contributed by atoms with Crippen LogP contribution in [0, 0.1) is 0 Å². The fraction of sp³-hybridized carbons (Fsp3) is 0.471. The van der Waals surface area contributed by atoms with Gasteiger partial charge < -0.3 is 25.4 Å². The van der Waals surface area contributed by atoms with E-state index in [2.05, 4.69) is 5.32 Å². The van der Waals surface area contributed by atoms with Gasteiger partial charge in [-0.3, -0.25) is 9.59 Å². The van der Waals surface area contributed by atoms with Crippen molar-refractivity contribution in [3.63, 3.8) is 0 Å². The maximum Gasteiger partial charge on any atom is 0.341 e. The van der Waals surface area contributed by atoms with Crippen LogP contribution in [0.25, 0.3) is 0 Å². The molecule has 4 N–H and O–H groups in total. The highest BCUT2D eigenvalue weighted by atomic mass is 16.6. The molecule has 0 aliphatic rings. The van der Waals surface area contributed by atoms with Crippen molar-refractivity contribution in [3.8, 4) is 0 Å². The second kappa shape index (κ2) is 9.14. The number of amides is 1. The highest BCUT2D eigenvalue weighted by Gasteiger charge is 2.40. The minimum atomic E-state index is -2.00. The molecule has 138 valence electrons. The number of carbonyl (C=O) groups is 3. The zero-order valence-corrected chi connectivity index (χ0v) is 14.2. The molecular formula is C17H23NO7. The molecule has 0 aliphatic carbocycles. The number of aliphatic hydroxyl groups excluding tert-OH is 1. The Balaban J connectivity index is 2.76. The van der Waals surface area contributed by atoms with Gasteiger partial charge >= 0.3 is 11.9 Å². The van der Waals surface area contributed by atoms with E-state index in [9.17, 15) is 24.6 Å². The van der Waals surface area contributed by atoms with E-state index in [1.807, 2.05) is 0 Å². The molecule has 0 radical (unpaired) electrons. The lowest BCUT2D eigenvalue weighted by Crippen LogP contribution is -2.48. The third-order valence-electron chi connectivity index (χ3n) is 3.80. The minimum absolute atomic E-state index is 0.0168. The van der Waals surface area contributed by atoms with Gasteiger partial charge in [-0.15, -0.1) is 0 Å². The first kappa shape index (κ1) is 20.6. The van der Waals surface area contributed by atoms with Crippen LogP contribution < -0.4 is 5.32 Å². The number of para-hydroxylation sites is 1. The topological polar surface area (TPSA) is 133 Å². The van der Waals surface area contributed by atoms with Crippen molar-refractivity contribution in [1.82, 2.24) is 0 Å². The third kappa shape index (κ3) is 5.84. The molecule has 0 saturated carbocycles. The first-order chi connectivity index (χ1) is 11.7. The van der Waals surface area contributed by atoms with Crippen LogP contribution in [-0.4, -0.2) is 44.9 Å². The van der Waals surface area contributed by atoms with Gasteiger partial charge in [-0.1, -0.05) is 25.1 Å². The SMILES string of the molecule is CC[C@](O)(C(=O)OCc1ccccc1NC(=O)CCC(=O)O)[C@H](C)O. The second-order valence-corrected chi connectivity index (χ2v) is 5.63. The molecule has 1 amide bonds. The van der Waals surface area contributed by atoms with Crippen LogP contribution in [0.4, 0.5) is 5.69 Å². The third-order valence-corrected chi connectivity index (χ3v) is 3.80. The molecular weight excluding hydrogens is 330 g/mol. The quantitative estimate of drug-likeness (QED) is 0.488. The molecule has 8 heteroatoms. The van der Waals surface area contributed by atoms with Crippen LogP contribution in [0.3, 0.4) is 0 Å². The lowest BCUT2D eigenvalue weighted by Gasteiger charge is -2.27. The van der Waals surface area contributed by atoms with E-state index in [0.717, 1.165) is 0 Å². The van der Waals surface area contributed by atoms with Crippen molar-refractivity contribution < 1.29 is 34.4 Å². The van der Waals surface area contributed by atoms with E-state index < -0.39 is 29.6 Å². The number of aliphatic hydroxyl groups is 2. The second-order valence-electron chi connectivity index (χ2n) is 5.63. The fourth-order valence-electron chi connectivity index (χ4n) is 2.08. The van der Waals surface area contributed by atoms with Gasteiger partial charge in [0.1, 0.15) is 6.61 Å². The van der Waals surface area contributed by atoms with Gasteiger partial charge in [0.15, 0.2) is 5.60 Å². The average molecular weight is 353 g/mol. The molecule has 0 fully saturated rings. The van der Waals surface area contributed by atoms with Gasteiger partial charge in [0.25, 0.3) is 0 Å². The van der Waals surface area contributed by atoms with Gasteiger partial charge in [-0.2, -0.15) is 0 Å². The summed E-state index contributed by atoms with van der Waals surface area (Å²) < 4.78 is 5.07. The van der Waals surface area contributed by atoms with Gasteiger partial charge in [0.05, 0.1) is 12.5 Å². The van der Waals surface area contributed by atoms with Crippen LogP contribution in [0.15, 0.2) is 24.3 Å². The Kier molecular flexibility index (Phi) is 7.53. The van der Waals surface area contributed by atoms with E-state index in [0.29, 0.717) is 11.3 Å². The number of ether oxygens (including phenoxy) is 1. The molecule has 1 rings (SSSR count). The van der Waals surface area contributed by atoms with E-state index in [1.165, 1.54) is 6.92 Å². The summed E-state index contributed by atoms with van der Waals surface area (Å²) in [5.74, 6) is -2.51. The number of carboxylic acids is 1. The van der Waals surface area contributed by atoms with Gasteiger partial charge in [-0.25, -0.2) is 4.79 Å². The largest absolute Gasteiger partial charge is 0.481 e. The molecule has 8 nitrogen and oxygen atoms in total. The predicted octanol–water partition coefficient (Wildman–Crippen LogP) is 1.05. The number of carbonyl (C=O) groups excluding carboxylic acids is 2. The van der Waals surface area contributed by atoms with Crippen LogP contribution in [0.1, 0.15) is 38.7 Å². The monoisotopic (exact) mass is 353 g/mol. The molecule has 25 heavy (non-hydrogen) atoms. The summed E-state index contributed by atoms with van der Waals surface area (Å²) in [6.45, 7) is 2.62. The Morgan fingerprint density at radius 3 is 2.44 bits per heavy atom. The molecule has 0 aliphatic heterocycles. The maximum absolute atomic E-state index is 12.0. The molecule has 0 saturated heterocycles. The standard InChI is InChI=1S/C17H23NO7/c1-3-17(24,11(2)19)16(23)25-10-12-6-4-5-7-13(12)18-14(20)8-9-15(21)22/h4-7,11,19,24H,3,8-10H2,1-2H3,(H,18,20)(H,21,22)/t11-,17+/m0/s1. The maximum atomic E-state index is 12.0. The first-order valence-corrected chi connectivity index (χ1v) is 7.88. The zero-order valence-electron chi connectivity index (χ0n) is 14.2. The number of esters is 1. The number of aliphatic carboxylic acids is 1. The first-order valence-electron chi connectivity index (χ1n) is 7.88. The number of carboxylic acid groups (broad SMARTS) is 1. The zero-order chi connectivity index (χ0) is 19.0. The van der Waals surface area contributed by atoms with E-state index in [4.69, 9.17) is 9.84 Å². The molecule has 0 spiro atoms. The molecule has 0 bridgehead atoms. The summed E-state index contributed by atoms with van der Waals surface area (Å²) in [7, 11) is 0. The molecule has 0 aromatic heterocycles. The summed E-state index contributed by atoms with van der Waals surface area (Å²) in [4.78, 5) is 34.3. The van der Waals surface area contributed by atoms with E-state index >= 15 is 0 Å². The van der Waals surface area contributed by atoms with Crippen LogP contribution in [0.5, 0.6) is 0 Å². The van der Waals surface area contributed by atoms with E-state index in [1.54, 1.807) is 31.2 Å². The molecule has 0 unspecified atom stereocenters. The lowest BCUT2D eigenvalue weighted by molar-refractivity contribution is -0.178. The van der Waals surface area contributed by atoms with Crippen LogP contribution in [0.2, 0.25) is 0 Å². The van der Waals surface area contributed by atoms with Gasteiger partial charge in [0, 0.05) is 17.7 Å². The Morgan fingerprint density at radius 1 is 1.24 bits per heavy atom. The number of rotatable bonds is 9. The van der Waals surface area contributed by atoms with Crippen molar-refractivity contribution in [2.24, 2.45) is 0 Å². The van der Waals surface area contributed by atoms with Gasteiger partial charge in [0.2, 0.25) is 5.91 Å². The Hall–Kier alpha value is -2.45. The molecule has 0 heterocycles. The summed E-state index contributed by atoms with van der Waals surface area (Å²) in [5, 5.41) is 30.8. The summed E-state index contributed by atoms with van der Waals surface area (Å²) >= 11 is 0. The van der Waals surface area contributed by atoms with Crippen molar-refractivity contribution in [1.29, 1.82) is 0 Å². The average Bonchev–Trinajstić information content (AvgIpc) is 2.57. The number of nitrogens with one attached hydrogen (secondary N) is 1. The highest BCUT2D eigenvalue weighted by molar-refractivity contribution is 5.93. The normalized spacial score (nSPS) is 14.2. The summed E-state index contributed by atoms with van der Waals surface area (Å²) in [5.41, 5.74) is -1.15. The van der Waals surface area contributed by atoms with Crippen molar-refractivity contribution in [2.75, 3.05) is 5.32 Å². The Morgan fingerprint density at radius 2 is 1.88 bits per heavy atom. The molecule has 1 aromatic carbocycles. The van der Waals surface area contributed by atoms with Crippen LogP contribution >= 0.6 is 0 Å². The molecule has 1 aromatic rings. The highest BCUT2D eigenvalue weighted by Crippen LogP contribution is 2.21. The van der Waals surface area contributed by atoms with Crippen LogP contribution in [-0.2, 0) is 25.7 Å². The van der Waals surface area contributed by atoms with Crippen molar-refractivity contribution in [3.05, 3.63) is 29.8 Å². The minimum Gasteiger partial charge on any atom is -0.481 e. The number of benzene rings is 1. The van der Waals surface area contributed by atoms with E-state index in [-0.39, 0.29) is 25.9 Å². The Labute approximate surface area is 145 Å². The lowest BCUT2D eigenvalue weighted by atomic mass is 9.95. The summed E-state index contributed by atoms with van der Waals surface area (Å²) in [6.07, 6.45) is -1.78. The van der Waals surface area contributed by atoms with Crippen molar-refractivity contribution in [2.45, 2.75) is 51.4 Å². The fourth-order valence-corrected chi connectivity index (χ4v) is 2.08. The number of hydrogen-bond acceptors (Lipinski definition) is 6. The van der Waals surface area contributed by atoms with Crippen molar-refractivity contribution >= 4 is 23.5 Å². The number of anilines is 1. The Bertz CT molecular complexity index is 629. The number of hydrogen-bond donors (Lipinski definition) is 4. The predicted molar refractivity (Wildman–Crippen MR) is 88.7 cm³/mol. The summed E-state index contributed by atoms with van der Waals surface area (Å²) in [6, 6.07) is 6.54. The van der Waals surface area contributed by atoms with Gasteiger partial charge in [-0.05, 0) is 19.4 Å². The molecule has 2 atom stereocenters. The smallest absolute Gasteiger partial charge is 0.341 e.